The van der Waals surface area contributed by atoms with Gasteiger partial charge in [0.1, 0.15) is 5.82 Å². The van der Waals surface area contributed by atoms with E-state index in [9.17, 15) is 4.39 Å². The molecule has 1 saturated carbocycles. The van der Waals surface area contributed by atoms with Crippen molar-refractivity contribution in [2.75, 3.05) is 19.3 Å². The lowest BCUT2D eigenvalue weighted by Crippen LogP contribution is -2.25. The van der Waals surface area contributed by atoms with Gasteiger partial charge in [0.2, 0.25) is 5.95 Å². The second-order valence-electron chi connectivity index (χ2n) is 4.97. The number of nitrogens with two attached hydrogens (primary N) is 1. The zero-order valence-electron chi connectivity index (χ0n) is 10.4. The highest BCUT2D eigenvalue weighted by molar-refractivity contribution is 5.78. The van der Waals surface area contributed by atoms with Crippen LogP contribution in [0.25, 0.3) is 11.0 Å². The molecule has 0 radical (unpaired) electrons. The largest absolute Gasteiger partial charge is 0.369 e. The monoisotopic (exact) mass is 248 g/mol. The number of hydrogen-bond donors (Lipinski definition) is 1. The summed E-state index contributed by atoms with van der Waals surface area (Å²) in [6.07, 6.45) is 2.57. The molecule has 4 nitrogen and oxygen atoms in total. The summed E-state index contributed by atoms with van der Waals surface area (Å²) in [5.41, 5.74) is 7.42. The number of fused-ring (bicyclic) bond motifs is 1. The number of anilines is 1. The minimum atomic E-state index is -0.251. The standard InChI is InChI=1S/C13H17FN4/c1-17(10-3-4-10)6-7-18-12-8-9(14)2-5-11(12)16-13(18)15/h2,5,8,10H,3-4,6-7H2,1H3,(H2,15,16). The van der Waals surface area contributed by atoms with Crippen molar-refractivity contribution in [3.63, 3.8) is 0 Å². The van der Waals surface area contributed by atoms with E-state index < -0.39 is 0 Å². The Morgan fingerprint density at radius 2 is 2.28 bits per heavy atom. The van der Waals surface area contributed by atoms with Gasteiger partial charge in [0.05, 0.1) is 11.0 Å². The smallest absolute Gasteiger partial charge is 0.201 e. The van der Waals surface area contributed by atoms with Crippen LogP contribution in [0.1, 0.15) is 12.8 Å². The van der Waals surface area contributed by atoms with E-state index in [1.165, 1.54) is 25.0 Å². The quantitative estimate of drug-likeness (QED) is 0.898. The van der Waals surface area contributed by atoms with Crippen molar-refractivity contribution in [2.24, 2.45) is 0 Å². The van der Waals surface area contributed by atoms with Crippen LogP contribution in [0.5, 0.6) is 0 Å². The number of aromatic nitrogens is 2. The van der Waals surface area contributed by atoms with E-state index in [2.05, 4.69) is 16.9 Å². The van der Waals surface area contributed by atoms with Gasteiger partial charge in [-0.15, -0.1) is 0 Å². The minimum Gasteiger partial charge on any atom is -0.369 e. The van der Waals surface area contributed by atoms with Crippen LogP contribution in [-0.4, -0.2) is 34.1 Å². The fraction of sp³-hybridized carbons (Fsp3) is 0.462. The molecule has 5 heteroatoms. The van der Waals surface area contributed by atoms with Crippen LogP contribution in [0.4, 0.5) is 10.3 Å². The lowest BCUT2D eigenvalue weighted by molar-refractivity contribution is 0.311. The van der Waals surface area contributed by atoms with Crippen molar-refractivity contribution < 1.29 is 4.39 Å². The molecule has 0 saturated heterocycles. The number of nitrogens with zero attached hydrogens (tertiary/aromatic N) is 3. The topological polar surface area (TPSA) is 47.1 Å². The number of nitrogen functional groups attached to an aromatic ring is 1. The summed E-state index contributed by atoms with van der Waals surface area (Å²) in [7, 11) is 2.12. The third-order valence-electron chi connectivity index (χ3n) is 3.59. The summed E-state index contributed by atoms with van der Waals surface area (Å²) in [5.74, 6) is 0.207. The van der Waals surface area contributed by atoms with E-state index in [0.717, 1.165) is 30.2 Å². The Bertz CT molecular complexity index is 574. The molecular weight excluding hydrogens is 231 g/mol. The van der Waals surface area contributed by atoms with Crippen LogP contribution in [0.3, 0.4) is 0 Å². The summed E-state index contributed by atoms with van der Waals surface area (Å²) in [6.45, 7) is 1.66. The van der Waals surface area contributed by atoms with Gasteiger partial charge in [0, 0.05) is 19.1 Å². The van der Waals surface area contributed by atoms with E-state index >= 15 is 0 Å². The summed E-state index contributed by atoms with van der Waals surface area (Å²) in [6, 6.07) is 5.30. The first-order valence-corrected chi connectivity index (χ1v) is 6.26. The SMILES string of the molecule is CN(CCn1c(N)nc2ccc(F)cc21)C1CC1. The second-order valence-corrected chi connectivity index (χ2v) is 4.97. The van der Waals surface area contributed by atoms with Crippen molar-refractivity contribution in [1.29, 1.82) is 0 Å². The Balaban J connectivity index is 1.85. The molecule has 3 rings (SSSR count). The van der Waals surface area contributed by atoms with Crippen LogP contribution >= 0.6 is 0 Å². The average molecular weight is 248 g/mol. The van der Waals surface area contributed by atoms with Crippen molar-refractivity contribution in [1.82, 2.24) is 14.5 Å². The molecule has 0 spiro atoms. The molecule has 2 aromatic rings. The van der Waals surface area contributed by atoms with Gasteiger partial charge >= 0.3 is 0 Å². The Hall–Kier alpha value is -1.62. The average Bonchev–Trinajstić information content (AvgIpc) is 3.12. The molecule has 0 unspecified atom stereocenters. The van der Waals surface area contributed by atoms with Crippen LogP contribution in [0.15, 0.2) is 18.2 Å². The van der Waals surface area contributed by atoms with E-state index in [4.69, 9.17) is 5.73 Å². The predicted octanol–water partition coefficient (Wildman–Crippen LogP) is 1.85. The fourth-order valence-corrected chi connectivity index (χ4v) is 2.31. The zero-order valence-corrected chi connectivity index (χ0v) is 10.4. The molecule has 96 valence electrons. The van der Waals surface area contributed by atoms with Crippen LogP contribution in [-0.2, 0) is 6.54 Å². The van der Waals surface area contributed by atoms with Crippen molar-refractivity contribution >= 4 is 17.0 Å². The number of hydrogen-bond acceptors (Lipinski definition) is 3. The number of rotatable bonds is 4. The maximum atomic E-state index is 13.3. The maximum absolute atomic E-state index is 13.3. The summed E-state index contributed by atoms with van der Waals surface area (Å²) >= 11 is 0. The van der Waals surface area contributed by atoms with Gasteiger partial charge in [-0.25, -0.2) is 9.37 Å². The lowest BCUT2D eigenvalue weighted by Gasteiger charge is -2.16. The summed E-state index contributed by atoms with van der Waals surface area (Å²) in [5, 5.41) is 0. The highest BCUT2D eigenvalue weighted by Gasteiger charge is 2.25. The number of halogens is 1. The van der Waals surface area contributed by atoms with Gasteiger partial charge in [0.15, 0.2) is 0 Å². The lowest BCUT2D eigenvalue weighted by atomic mass is 10.3. The second kappa shape index (κ2) is 4.24. The number of likely N-dealkylation sites (N-methyl/N-ethyl adjacent to an activating group) is 1. The first-order chi connectivity index (χ1) is 8.65. The molecule has 1 aromatic heterocycles. The molecule has 0 bridgehead atoms. The first-order valence-electron chi connectivity index (χ1n) is 6.26. The van der Waals surface area contributed by atoms with E-state index in [1.807, 2.05) is 4.57 Å². The molecule has 1 aromatic carbocycles. The van der Waals surface area contributed by atoms with Crippen LogP contribution in [0, 0.1) is 5.82 Å². The van der Waals surface area contributed by atoms with E-state index in [-0.39, 0.29) is 5.82 Å². The number of benzene rings is 1. The maximum Gasteiger partial charge on any atom is 0.201 e. The minimum absolute atomic E-state index is 0.251. The van der Waals surface area contributed by atoms with E-state index in [0.29, 0.717) is 5.95 Å². The highest BCUT2D eigenvalue weighted by Crippen LogP contribution is 2.25. The van der Waals surface area contributed by atoms with Crippen molar-refractivity contribution in [2.45, 2.75) is 25.4 Å². The Morgan fingerprint density at radius 3 is 3.00 bits per heavy atom. The van der Waals surface area contributed by atoms with Gasteiger partial charge in [-0.1, -0.05) is 0 Å². The van der Waals surface area contributed by atoms with Crippen molar-refractivity contribution in [3.8, 4) is 0 Å². The van der Waals surface area contributed by atoms with Gasteiger partial charge in [0.25, 0.3) is 0 Å². The van der Waals surface area contributed by atoms with E-state index in [1.54, 1.807) is 6.07 Å². The zero-order chi connectivity index (χ0) is 12.7. The van der Waals surface area contributed by atoms with Gasteiger partial charge in [-0.2, -0.15) is 0 Å². The molecule has 1 heterocycles. The Kier molecular flexibility index (Phi) is 2.70. The summed E-state index contributed by atoms with van der Waals surface area (Å²) < 4.78 is 15.2. The van der Waals surface area contributed by atoms with Gasteiger partial charge < -0.3 is 15.2 Å². The molecule has 0 aliphatic heterocycles. The molecule has 18 heavy (non-hydrogen) atoms. The molecule has 1 aliphatic carbocycles. The predicted molar refractivity (Wildman–Crippen MR) is 69.8 cm³/mol. The normalized spacial score (nSPS) is 15.7. The van der Waals surface area contributed by atoms with Crippen LogP contribution in [0.2, 0.25) is 0 Å². The molecule has 2 N–H and O–H groups in total. The number of imidazole rings is 1. The van der Waals surface area contributed by atoms with Crippen LogP contribution < -0.4 is 5.73 Å². The molecule has 0 atom stereocenters. The van der Waals surface area contributed by atoms with Crippen molar-refractivity contribution in [3.05, 3.63) is 24.0 Å². The Morgan fingerprint density at radius 1 is 1.50 bits per heavy atom. The first kappa shape index (κ1) is 11.5. The molecular formula is C13H17FN4. The van der Waals surface area contributed by atoms with Gasteiger partial charge in [-0.05, 0) is 38.1 Å². The fourth-order valence-electron chi connectivity index (χ4n) is 2.31. The summed E-state index contributed by atoms with van der Waals surface area (Å²) in [4.78, 5) is 6.57. The third kappa shape index (κ3) is 2.06. The Labute approximate surface area is 105 Å². The third-order valence-corrected chi connectivity index (χ3v) is 3.59. The van der Waals surface area contributed by atoms with Gasteiger partial charge in [-0.3, -0.25) is 0 Å². The highest BCUT2D eigenvalue weighted by atomic mass is 19.1. The molecule has 1 aliphatic rings. The molecule has 0 amide bonds. The molecule has 1 fully saturated rings.